The van der Waals surface area contributed by atoms with Crippen LogP contribution < -0.4 is 5.32 Å². The van der Waals surface area contributed by atoms with E-state index in [0.717, 1.165) is 12.0 Å². The van der Waals surface area contributed by atoms with Crippen molar-refractivity contribution < 1.29 is 0 Å². The SMILES string of the molecule is CCCC1(CN2CC(C)NCC2C(C)C)CC1. The van der Waals surface area contributed by atoms with Gasteiger partial charge in [-0.05, 0) is 37.5 Å². The Hall–Kier alpha value is -0.0800. The van der Waals surface area contributed by atoms with E-state index in [-0.39, 0.29) is 0 Å². The van der Waals surface area contributed by atoms with Crippen molar-refractivity contribution in [3.63, 3.8) is 0 Å². The Morgan fingerprint density at radius 3 is 2.59 bits per heavy atom. The van der Waals surface area contributed by atoms with Crippen molar-refractivity contribution in [2.75, 3.05) is 19.6 Å². The normalized spacial score (nSPS) is 33.0. The van der Waals surface area contributed by atoms with E-state index >= 15 is 0 Å². The van der Waals surface area contributed by atoms with Crippen LogP contribution in [0.5, 0.6) is 0 Å². The Balaban J connectivity index is 1.95. The highest BCUT2D eigenvalue weighted by molar-refractivity contribution is 4.98. The third-order valence-electron chi connectivity index (χ3n) is 4.70. The van der Waals surface area contributed by atoms with Gasteiger partial charge < -0.3 is 5.32 Å². The second-order valence-electron chi connectivity index (χ2n) is 6.80. The highest BCUT2D eigenvalue weighted by atomic mass is 15.2. The summed E-state index contributed by atoms with van der Waals surface area (Å²) in [4.78, 5) is 2.79. The van der Waals surface area contributed by atoms with E-state index in [1.165, 1.54) is 45.3 Å². The van der Waals surface area contributed by atoms with Gasteiger partial charge in [0.2, 0.25) is 0 Å². The van der Waals surface area contributed by atoms with Crippen LogP contribution in [0.25, 0.3) is 0 Å². The molecular weight excluding hydrogens is 208 g/mol. The van der Waals surface area contributed by atoms with E-state index in [1.807, 2.05) is 0 Å². The Bertz CT molecular complexity index is 245. The standard InChI is InChI=1S/C15H30N2/c1-5-6-15(7-8-15)11-17-10-13(4)16-9-14(17)12(2)3/h12-14,16H,5-11H2,1-4H3. The van der Waals surface area contributed by atoms with Gasteiger partial charge in [0.15, 0.2) is 0 Å². The molecule has 2 heteroatoms. The van der Waals surface area contributed by atoms with Gasteiger partial charge in [0.1, 0.15) is 0 Å². The molecule has 2 fully saturated rings. The van der Waals surface area contributed by atoms with Crippen molar-refractivity contribution in [1.29, 1.82) is 0 Å². The first kappa shape index (κ1) is 13.4. The van der Waals surface area contributed by atoms with E-state index in [9.17, 15) is 0 Å². The van der Waals surface area contributed by atoms with E-state index in [0.29, 0.717) is 11.5 Å². The molecule has 17 heavy (non-hydrogen) atoms. The molecule has 0 spiro atoms. The summed E-state index contributed by atoms with van der Waals surface area (Å²) in [5.41, 5.74) is 0.707. The van der Waals surface area contributed by atoms with Crippen molar-refractivity contribution in [3.05, 3.63) is 0 Å². The zero-order valence-electron chi connectivity index (χ0n) is 12.1. The lowest BCUT2D eigenvalue weighted by molar-refractivity contribution is 0.0781. The molecule has 2 unspecified atom stereocenters. The summed E-state index contributed by atoms with van der Waals surface area (Å²) < 4.78 is 0. The zero-order chi connectivity index (χ0) is 12.5. The van der Waals surface area contributed by atoms with Crippen LogP contribution in [0.4, 0.5) is 0 Å². The van der Waals surface area contributed by atoms with Crippen LogP contribution in [0.2, 0.25) is 0 Å². The zero-order valence-corrected chi connectivity index (χ0v) is 12.1. The second kappa shape index (κ2) is 5.27. The highest BCUT2D eigenvalue weighted by Crippen LogP contribution is 2.50. The van der Waals surface area contributed by atoms with Crippen molar-refractivity contribution in [2.45, 2.75) is 65.5 Å². The van der Waals surface area contributed by atoms with Gasteiger partial charge in [-0.15, -0.1) is 0 Å². The average Bonchev–Trinajstić information content (AvgIpc) is 2.98. The molecule has 1 aliphatic carbocycles. The first-order chi connectivity index (χ1) is 8.06. The molecule has 2 aliphatic rings. The third-order valence-corrected chi connectivity index (χ3v) is 4.70. The van der Waals surface area contributed by atoms with E-state index in [2.05, 4.69) is 37.9 Å². The molecule has 2 atom stereocenters. The predicted molar refractivity (Wildman–Crippen MR) is 74.2 cm³/mol. The maximum absolute atomic E-state index is 3.64. The molecule has 0 radical (unpaired) electrons. The molecular formula is C15H30N2. The Morgan fingerprint density at radius 2 is 2.06 bits per heavy atom. The minimum atomic E-state index is 0.669. The fraction of sp³-hybridized carbons (Fsp3) is 1.00. The summed E-state index contributed by atoms with van der Waals surface area (Å²) in [5, 5.41) is 3.64. The smallest absolute Gasteiger partial charge is 0.0244 e. The summed E-state index contributed by atoms with van der Waals surface area (Å²) in [6.45, 7) is 13.2. The maximum atomic E-state index is 3.64. The molecule has 0 aromatic rings. The third kappa shape index (κ3) is 3.23. The van der Waals surface area contributed by atoms with Crippen LogP contribution in [0.1, 0.15) is 53.4 Å². The van der Waals surface area contributed by atoms with Crippen molar-refractivity contribution >= 4 is 0 Å². The molecule has 1 saturated heterocycles. The lowest BCUT2D eigenvalue weighted by Crippen LogP contribution is -2.58. The summed E-state index contributed by atoms with van der Waals surface area (Å²) >= 11 is 0. The summed E-state index contributed by atoms with van der Waals surface area (Å²) in [6, 6.07) is 1.42. The van der Waals surface area contributed by atoms with E-state index < -0.39 is 0 Å². The predicted octanol–water partition coefficient (Wildman–Crippen LogP) is 2.89. The van der Waals surface area contributed by atoms with Crippen LogP contribution in [0.3, 0.4) is 0 Å². The maximum Gasteiger partial charge on any atom is 0.0244 e. The van der Waals surface area contributed by atoms with Crippen LogP contribution in [0, 0.1) is 11.3 Å². The minimum absolute atomic E-state index is 0.669. The topological polar surface area (TPSA) is 15.3 Å². The highest BCUT2D eigenvalue weighted by Gasteiger charge is 2.44. The molecule has 100 valence electrons. The van der Waals surface area contributed by atoms with Gasteiger partial charge >= 0.3 is 0 Å². The number of nitrogens with one attached hydrogen (secondary N) is 1. The van der Waals surface area contributed by atoms with Crippen molar-refractivity contribution in [3.8, 4) is 0 Å². The molecule has 0 aromatic heterocycles. The number of hydrogen-bond donors (Lipinski definition) is 1. The Morgan fingerprint density at radius 1 is 1.35 bits per heavy atom. The van der Waals surface area contributed by atoms with Gasteiger partial charge in [-0.2, -0.15) is 0 Å². The van der Waals surface area contributed by atoms with Gasteiger partial charge in [-0.3, -0.25) is 4.90 Å². The van der Waals surface area contributed by atoms with Crippen molar-refractivity contribution in [1.82, 2.24) is 10.2 Å². The fourth-order valence-electron chi connectivity index (χ4n) is 3.47. The van der Waals surface area contributed by atoms with Crippen molar-refractivity contribution in [2.24, 2.45) is 11.3 Å². The van der Waals surface area contributed by atoms with E-state index in [4.69, 9.17) is 0 Å². The Kier molecular flexibility index (Phi) is 4.14. The van der Waals surface area contributed by atoms with Gasteiger partial charge in [-0.25, -0.2) is 0 Å². The average molecular weight is 238 g/mol. The summed E-state index contributed by atoms with van der Waals surface area (Å²) in [6.07, 6.45) is 5.75. The quantitative estimate of drug-likeness (QED) is 0.792. The molecule has 2 nitrogen and oxygen atoms in total. The summed E-state index contributed by atoms with van der Waals surface area (Å²) in [5.74, 6) is 0.771. The minimum Gasteiger partial charge on any atom is -0.311 e. The summed E-state index contributed by atoms with van der Waals surface area (Å²) in [7, 11) is 0. The van der Waals surface area contributed by atoms with Gasteiger partial charge in [0.25, 0.3) is 0 Å². The molecule has 1 saturated carbocycles. The van der Waals surface area contributed by atoms with Gasteiger partial charge in [0.05, 0.1) is 0 Å². The van der Waals surface area contributed by atoms with Crippen LogP contribution in [-0.2, 0) is 0 Å². The van der Waals surface area contributed by atoms with Crippen LogP contribution in [-0.4, -0.2) is 36.6 Å². The van der Waals surface area contributed by atoms with E-state index in [1.54, 1.807) is 0 Å². The number of hydrogen-bond acceptors (Lipinski definition) is 2. The second-order valence-corrected chi connectivity index (χ2v) is 6.80. The molecule has 1 heterocycles. The first-order valence-electron chi connectivity index (χ1n) is 7.54. The number of piperazine rings is 1. The van der Waals surface area contributed by atoms with Gasteiger partial charge in [0, 0.05) is 31.7 Å². The first-order valence-corrected chi connectivity index (χ1v) is 7.54. The number of rotatable bonds is 5. The molecule has 0 amide bonds. The number of nitrogens with zero attached hydrogens (tertiary/aromatic N) is 1. The lowest BCUT2D eigenvalue weighted by Gasteiger charge is -2.43. The molecule has 2 rings (SSSR count). The van der Waals surface area contributed by atoms with Gasteiger partial charge in [-0.1, -0.05) is 27.2 Å². The fourth-order valence-corrected chi connectivity index (χ4v) is 3.47. The van der Waals surface area contributed by atoms with Crippen LogP contribution in [0.15, 0.2) is 0 Å². The van der Waals surface area contributed by atoms with Crippen LogP contribution >= 0.6 is 0 Å². The monoisotopic (exact) mass is 238 g/mol. The molecule has 1 N–H and O–H groups in total. The Labute approximate surface area is 107 Å². The largest absolute Gasteiger partial charge is 0.311 e. The lowest BCUT2D eigenvalue weighted by atomic mass is 9.94. The molecule has 1 aliphatic heterocycles. The molecule has 0 aromatic carbocycles. The molecule has 0 bridgehead atoms.